The van der Waals surface area contributed by atoms with Gasteiger partial charge < -0.3 is 5.32 Å². The van der Waals surface area contributed by atoms with Gasteiger partial charge >= 0.3 is 0 Å². The third kappa shape index (κ3) is 1.98. The lowest BCUT2D eigenvalue weighted by Crippen LogP contribution is -2.27. The van der Waals surface area contributed by atoms with Gasteiger partial charge in [-0.2, -0.15) is 0 Å². The molecular formula is C8H16N. The smallest absolute Gasteiger partial charge is 0.00794 e. The Morgan fingerprint density at radius 1 is 1.22 bits per heavy atom. The highest BCUT2D eigenvalue weighted by Gasteiger charge is 2.15. The molecule has 0 amide bonds. The average Bonchev–Trinajstić information content (AvgIpc) is 1.90. The Kier molecular flexibility index (Phi) is 2.52. The summed E-state index contributed by atoms with van der Waals surface area (Å²) in [5.41, 5.74) is 0. The van der Waals surface area contributed by atoms with Crippen LogP contribution in [0.5, 0.6) is 0 Å². The van der Waals surface area contributed by atoms with Crippen LogP contribution >= 0.6 is 0 Å². The molecule has 0 unspecified atom stereocenters. The van der Waals surface area contributed by atoms with Crippen LogP contribution in [-0.2, 0) is 0 Å². The molecule has 53 valence electrons. The number of hydrogen-bond donors (Lipinski definition) is 1. The van der Waals surface area contributed by atoms with E-state index in [0.717, 1.165) is 5.92 Å². The molecule has 1 nitrogen and oxygen atoms in total. The van der Waals surface area contributed by atoms with Crippen LogP contribution in [0.25, 0.3) is 0 Å². The lowest BCUT2D eigenvalue weighted by atomic mass is 9.87. The first-order chi connectivity index (χ1) is 4.33. The molecule has 1 radical (unpaired) electrons. The Bertz CT molecular complexity index is 72.6. The van der Waals surface area contributed by atoms with Crippen molar-refractivity contribution in [2.45, 2.75) is 38.6 Å². The van der Waals surface area contributed by atoms with E-state index in [1.54, 1.807) is 0 Å². The van der Waals surface area contributed by atoms with Crippen molar-refractivity contribution in [3.63, 3.8) is 0 Å². The van der Waals surface area contributed by atoms with Crippen LogP contribution in [0.1, 0.15) is 32.6 Å². The van der Waals surface area contributed by atoms with Gasteiger partial charge in [-0.05, 0) is 31.6 Å². The van der Waals surface area contributed by atoms with Crippen molar-refractivity contribution in [1.29, 1.82) is 0 Å². The topological polar surface area (TPSA) is 12.0 Å². The van der Waals surface area contributed by atoms with E-state index in [1.165, 1.54) is 25.7 Å². The van der Waals surface area contributed by atoms with Gasteiger partial charge in [-0.1, -0.05) is 6.92 Å². The summed E-state index contributed by atoms with van der Waals surface area (Å²) in [7, 11) is 3.68. The minimum atomic E-state index is 0.709. The zero-order valence-corrected chi connectivity index (χ0v) is 6.19. The highest BCUT2D eigenvalue weighted by molar-refractivity contribution is 4.74. The fourth-order valence-electron chi connectivity index (χ4n) is 1.46. The molecule has 0 aromatic carbocycles. The van der Waals surface area contributed by atoms with E-state index in [-0.39, 0.29) is 0 Å². The Balaban J connectivity index is 2.18. The van der Waals surface area contributed by atoms with Gasteiger partial charge in [0.15, 0.2) is 0 Å². The molecule has 0 atom stereocenters. The number of hydrogen-bond acceptors (Lipinski definition) is 1. The van der Waals surface area contributed by atoms with Crippen LogP contribution in [-0.4, -0.2) is 6.04 Å². The van der Waals surface area contributed by atoms with Crippen molar-refractivity contribution in [3.05, 3.63) is 7.05 Å². The predicted octanol–water partition coefficient (Wildman–Crippen LogP) is 1.95. The van der Waals surface area contributed by atoms with Crippen molar-refractivity contribution in [1.82, 2.24) is 5.32 Å². The Morgan fingerprint density at radius 3 is 2.22 bits per heavy atom. The molecule has 9 heavy (non-hydrogen) atoms. The molecular weight excluding hydrogens is 110 g/mol. The van der Waals surface area contributed by atoms with E-state index in [0.29, 0.717) is 6.04 Å². The maximum absolute atomic E-state index is 3.68. The first-order valence-corrected chi connectivity index (χ1v) is 3.85. The normalized spacial score (nSPS) is 36.7. The highest BCUT2D eigenvalue weighted by Crippen LogP contribution is 2.22. The summed E-state index contributed by atoms with van der Waals surface area (Å²) in [6.45, 7) is 2.33. The van der Waals surface area contributed by atoms with E-state index >= 15 is 0 Å². The minimum absolute atomic E-state index is 0.709. The van der Waals surface area contributed by atoms with Gasteiger partial charge in [0.1, 0.15) is 0 Å². The fourth-order valence-corrected chi connectivity index (χ4v) is 1.46. The third-order valence-electron chi connectivity index (χ3n) is 2.30. The molecule has 0 saturated heterocycles. The van der Waals surface area contributed by atoms with Crippen LogP contribution < -0.4 is 5.32 Å². The van der Waals surface area contributed by atoms with E-state index in [4.69, 9.17) is 0 Å². The van der Waals surface area contributed by atoms with Crippen LogP contribution in [0, 0.1) is 13.0 Å². The standard InChI is InChI=1S/C8H16N/c1-7-3-5-8(9-2)6-4-7/h7-9H,2-6H2,1H3. The lowest BCUT2D eigenvalue weighted by Gasteiger charge is -2.25. The van der Waals surface area contributed by atoms with Gasteiger partial charge in [0.05, 0.1) is 0 Å². The van der Waals surface area contributed by atoms with Gasteiger partial charge in [-0.3, -0.25) is 0 Å². The van der Waals surface area contributed by atoms with E-state index < -0.39 is 0 Å². The van der Waals surface area contributed by atoms with Crippen LogP contribution in [0.4, 0.5) is 0 Å². The van der Waals surface area contributed by atoms with Crippen molar-refractivity contribution in [2.24, 2.45) is 5.92 Å². The number of rotatable bonds is 1. The van der Waals surface area contributed by atoms with Gasteiger partial charge in [0.2, 0.25) is 0 Å². The molecule has 1 rings (SSSR count). The zero-order chi connectivity index (χ0) is 6.69. The molecule has 1 fully saturated rings. The molecule has 0 aliphatic heterocycles. The van der Waals surface area contributed by atoms with Crippen molar-refractivity contribution in [3.8, 4) is 0 Å². The molecule has 0 bridgehead atoms. The van der Waals surface area contributed by atoms with Crippen molar-refractivity contribution < 1.29 is 0 Å². The Morgan fingerprint density at radius 2 is 1.78 bits per heavy atom. The van der Waals surface area contributed by atoms with Gasteiger partial charge in [0.25, 0.3) is 0 Å². The van der Waals surface area contributed by atoms with Crippen LogP contribution in [0.15, 0.2) is 0 Å². The second-order valence-electron chi connectivity index (χ2n) is 3.16. The maximum atomic E-state index is 3.68. The second kappa shape index (κ2) is 3.21. The third-order valence-corrected chi connectivity index (χ3v) is 2.30. The van der Waals surface area contributed by atoms with Crippen LogP contribution in [0.2, 0.25) is 0 Å². The summed E-state index contributed by atoms with van der Waals surface area (Å²) in [6, 6.07) is 0.709. The average molecular weight is 126 g/mol. The first-order valence-electron chi connectivity index (χ1n) is 3.85. The lowest BCUT2D eigenvalue weighted by molar-refractivity contribution is 0.325. The van der Waals surface area contributed by atoms with Crippen molar-refractivity contribution in [2.75, 3.05) is 0 Å². The SMILES string of the molecule is [CH2]NC1CCC(C)CC1. The summed E-state index contributed by atoms with van der Waals surface area (Å²) < 4.78 is 0. The molecule has 1 saturated carbocycles. The van der Waals surface area contributed by atoms with Crippen LogP contribution in [0.3, 0.4) is 0 Å². The maximum Gasteiger partial charge on any atom is 0.00794 e. The molecule has 1 aliphatic rings. The van der Waals surface area contributed by atoms with E-state index in [9.17, 15) is 0 Å². The Hall–Kier alpha value is -0.0400. The first kappa shape index (κ1) is 7.07. The Labute approximate surface area is 57.8 Å². The summed E-state index contributed by atoms with van der Waals surface area (Å²) in [6.07, 6.45) is 5.41. The zero-order valence-electron chi connectivity index (χ0n) is 6.19. The van der Waals surface area contributed by atoms with E-state index in [2.05, 4.69) is 19.3 Å². The molecule has 1 aliphatic carbocycles. The molecule has 0 aromatic heterocycles. The summed E-state index contributed by atoms with van der Waals surface area (Å²) in [5, 5.41) is 3.07. The molecule has 1 heteroatoms. The molecule has 0 heterocycles. The largest absolute Gasteiger partial charge is 0.313 e. The monoisotopic (exact) mass is 126 g/mol. The minimum Gasteiger partial charge on any atom is -0.313 e. The number of nitrogens with one attached hydrogen (secondary N) is 1. The summed E-state index contributed by atoms with van der Waals surface area (Å²) in [4.78, 5) is 0. The highest BCUT2D eigenvalue weighted by atomic mass is 14.9. The molecule has 1 N–H and O–H groups in total. The second-order valence-corrected chi connectivity index (χ2v) is 3.16. The van der Waals surface area contributed by atoms with Gasteiger partial charge in [0, 0.05) is 13.1 Å². The summed E-state index contributed by atoms with van der Waals surface area (Å²) >= 11 is 0. The van der Waals surface area contributed by atoms with Gasteiger partial charge in [-0.25, -0.2) is 0 Å². The summed E-state index contributed by atoms with van der Waals surface area (Å²) in [5.74, 6) is 0.953. The molecule has 0 aromatic rings. The molecule has 0 spiro atoms. The van der Waals surface area contributed by atoms with E-state index in [1.807, 2.05) is 0 Å². The van der Waals surface area contributed by atoms with Crippen molar-refractivity contribution >= 4 is 0 Å². The fraction of sp³-hybridized carbons (Fsp3) is 0.875. The predicted molar refractivity (Wildman–Crippen MR) is 39.9 cm³/mol. The van der Waals surface area contributed by atoms with Gasteiger partial charge in [-0.15, -0.1) is 0 Å². The quantitative estimate of drug-likeness (QED) is 0.566.